The molecule has 3 rings (SSSR count). The Morgan fingerprint density at radius 1 is 0.739 bits per heavy atom. The van der Waals surface area contributed by atoms with Crippen molar-refractivity contribution in [2.45, 2.75) is 12.5 Å². The molecule has 1 atom stereocenters. The minimum Gasteiger partial charge on any atom is -0.345 e. The van der Waals surface area contributed by atoms with Gasteiger partial charge in [0.25, 0.3) is 5.91 Å². The monoisotopic (exact) mass is 301 g/mol. The predicted octanol–water partition coefficient (Wildman–Crippen LogP) is 4.40. The van der Waals surface area contributed by atoms with Gasteiger partial charge in [-0.2, -0.15) is 0 Å². The van der Waals surface area contributed by atoms with Gasteiger partial charge in [-0.3, -0.25) is 4.79 Å². The van der Waals surface area contributed by atoms with Crippen molar-refractivity contribution >= 4 is 5.91 Å². The maximum absolute atomic E-state index is 12.5. The molecule has 0 aliphatic carbocycles. The zero-order valence-electron chi connectivity index (χ0n) is 12.9. The molecule has 0 spiro atoms. The van der Waals surface area contributed by atoms with Crippen LogP contribution in [-0.4, -0.2) is 5.91 Å². The lowest BCUT2D eigenvalue weighted by Crippen LogP contribution is -2.29. The number of benzene rings is 3. The maximum atomic E-state index is 12.5. The van der Waals surface area contributed by atoms with Crippen molar-refractivity contribution in [3.8, 4) is 0 Å². The topological polar surface area (TPSA) is 29.1 Å². The molecule has 0 saturated carbocycles. The van der Waals surface area contributed by atoms with E-state index >= 15 is 0 Å². The van der Waals surface area contributed by atoms with Gasteiger partial charge in [0.2, 0.25) is 0 Å². The van der Waals surface area contributed by atoms with E-state index in [4.69, 9.17) is 0 Å². The van der Waals surface area contributed by atoms with Crippen molar-refractivity contribution < 1.29 is 4.79 Å². The van der Waals surface area contributed by atoms with Crippen LogP contribution >= 0.6 is 0 Å². The van der Waals surface area contributed by atoms with Crippen molar-refractivity contribution in [1.29, 1.82) is 0 Å². The molecule has 3 aromatic carbocycles. The second kappa shape index (κ2) is 7.41. The molecule has 0 aromatic heterocycles. The molecule has 23 heavy (non-hydrogen) atoms. The van der Waals surface area contributed by atoms with Crippen molar-refractivity contribution in [2.75, 3.05) is 0 Å². The largest absolute Gasteiger partial charge is 0.345 e. The molecule has 0 radical (unpaired) electrons. The average Bonchev–Trinajstić information content (AvgIpc) is 2.63. The van der Waals surface area contributed by atoms with Gasteiger partial charge < -0.3 is 5.32 Å². The van der Waals surface area contributed by atoms with Gasteiger partial charge in [0.15, 0.2) is 0 Å². The highest BCUT2D eigenvalue weighted by molar-refractivity contribution is 5.94. The quantitative estimate of drug-likeness (QED) is 0.743. The molecule has 0 bridgehead atoms. The van der Waals surface area contributed by atoms with E-state index in [1.807, 2.05) is 66.7 Å². The lowest BCUT2D eigenvalue weighted by molar-refractivity contribution is 0.0936. The summed E-state index contributed by atoms with van der Waals surface area (Å²) in [5.74, 6) is -0.0459. The second-order valence-corrected chi connectivity index (χ2v) is 5.49. The third-order valence-electron chi connectivity index (χ3n) is 3.83. The Balaban J connectivity index is 1.82. The SMILES string of the molecule is O=C(N[C@H](Cc1ccccc1)c1ccccc1)c1ccccc1. The van der Waals surface area contributed by atoms with E-state index in [1.165, 1.54) is 5.56 Å². The van der Waals surface area contributed by atoms with Crippen LogP contribution in [0.3, 0.4) is 0 Å². The van der Waals surface area contributed by atoms with Crippen LogP contribution in [0, 0.1) is 0 Å². The zero-order chi connectivity index (χ0) is 15.9. The van der Waals surface area contributed by atoms with Crippen molar-refractivity contribution in [3.05, 3.63) is 108 Å². The Hall–Kier alpha value is -2.87. The minimum atomic E-state index is -0.0497. The molecule has 3 aromatic rings. The van der Waals surface area contributed by atoms with Crippen molar-refractivity contribution in [2.24, 2.45) is 0 Å². The lowest BCUT2D eigenvalue weighted by Gasteiger charge is -2.19. The number of carbonyl (C=O) groups excluding carboxylic acids is 1. The van der Waals surface area contributed by atoms with E-state index < -0.39 is 0 Å². The summed E-state index contributed by atoms with van der Waals surface area (Å²) in [5, 5.41) is 3.16. The van der Waals surface area contributed by atoms with Gasteiger partial charge >= 0.3 is 0 Å². The number of hydrogen-bond donors (Lipinski definition) is 1. The van der Waals surface area contributed by atoms with Gasteiger partial charge in [-0.25, -0.2) is 0 Å². The van der Waals surface area contributed by atoms with Gasteiger partial charge in [-0.15, -0.1) is 0 Å². The molecule has 0 aliphatic rings. The van der Waals surface area contributed by atoms with Gasteiger partial charge in [0, 0.05) is 5.56 Å². The van der Waals surface area contributed by atoms with Crippen LogP contribution in [0.4, 0.5) is 0 Å². The van der Waals surface area contributed by atoms with Gasteiger partial charge in [-0.05, 0) is 29.7 Å². The van der Waals surface area contributed by atoms with E-state index in [2.05, 4.69) is 29.6 Å². The van der Waals surface area contributed by atoms with Crippen LogP contribution in [0.1, 0.15) is 27.5 Å². The van der Waals surface area contributed by atoms with Crippen LogP contribution in [0.15, 0.2) is 91.0 Å². The first-order valence-corrected chi connectivity index (χ1v) is 7.78. The van der Waals surface area contributed by atoms with Gasteiger partial charge in [-0.1, -0.05) is 78.9 Å². The smallest absolute Gasteiger partial charge is 0.251 e. The summed E-state index contributed by atoms with van der Waals surface area (Å²) in [6.07, 6.45) is 0.767. The normalized spacial score (nSPS) is 11.7. The van der Waals surface area contributed by atoms with E-state index in [0.717, 1.165) is 12.0 Å². The van der Waals surface area contributed by atoms with Gasteiger partial charge in [0.05, 0.1) is 6.04 Å². The standard InChI is InChI=1S/C21H19NO/c23-21(19-14-8-3-9-15-19)22-20(18-12-6-2-7-13-18)16-17-10-4-1-5-11-17/h1-15,20H,16H2,(H,22,23)/t20-/m1/s1. The predicted molar refractivity (Wildman–Crippen MR) is 93.2 cm³/mol. The molecule has 2 heteroatoms. The van der Waals surface area contributed by atoms with Gasteiger partial charge in [0.1, 0.15) is 0 Å². The zero-order valence-corrected chi connectivity index (χ0v) is 12.9. The number of hydrogen-bond acceptors (Lipinski definition) is 1. The van der Waals surface area contributed by atoms with Crippen LogP contribution in [0.25, 0.3) is 0 Å². The first-order chi connectivity index (χ1) is 11.3. The second-order valence-electron chi connectivity index (χ2n) is 5.49. The molecule has 114 valence electrons. The van der Waals surface area contributed by atoms with Crippen LogP contribution in [0.5, 0.6) is 0 Å². The maximum Gasteiger partial charge on any atom is 0.251 e. The van der Waals surface area contributed by atoms with Crippen LogP contribution in [-0.2, 0) is 6.42 Å². The molecular weight excluding hydrogens is 282 g/mol. The highest BCUT2D eigenvalue weighted by Gasteiger charge is 2.16. The summed E-state index contributed by atoms with van der Waals surface area (Å²) in [5.41, 5.74) is 3.00. The molecular formula is C21H19NO. The molecule has 0 aliphatic heterocycles. The number of amides is 1. The average molecular weight is 301 g/mol. The van der Waals surface area contributed by atoms with E-state index in [0.29, 0.717) is 5.56 Å². The van der Waals surface area contributed by atoms with Crippen LogP contribution in [0.2, 0.25) is 0 Å². The Bertz CT molecular complexity index is 739. The lowest BCUT2D eigenvalue weighted by atomic mass is 9.98. The number of carbonyl (C=O) groups is 1. The molecule has 2 nitrogen and oxygen atoms in total. The third kappa shape index (κ3) is 4.07. The van der Waals surface area contributed by atoms with E-state index in [1.54, 1.807) is 0 Å². The number of nitrogens with one attached hydrogen (secondary N) is 1. The molecule has 1 N–H and O–H groups in total. The molecule has 0 saturated heterocycles. The fourth-order valence-electron chi connectivity index (χ4n) is 2.62. The Morgan fingerprint density at radius 2 is 1.26 bits per heavy atom. The molecule has 0 fully saturated rings. The number of rotatable bonds is 5. The highest BCUT2D eigenvalue weighted by atomic mass is 16.1. The summed E-state index contributed by atoms with van der Waals surface area (Å²) in [6.45, 7) is 0. The van der Waals surface area contributed by atoms with Crippen molar-refractivity contribution in [1.82, 2.24) is 5.32 Å². The van der Waals surface area contributed by atoms with E-state index in [-0.39, 0.29) is 11.9 Å². The summed E-state index contributed by atoms with van der Waals surface area (Å²) >= 11 is 0. The summed E-state index contributed by atoms with van der Waals surface area (Å²) in [7, 11) is 0. The summed E-state index contributed by atoms with van der Waals surface area (Å²) in [4.78, 5) is 12.5. The van der Waals surface area contributed by atoms with Crippen molar-refractivity contribution in [3.63, 3.8) is 0 Å². The first-order valence-electron chi connectivity index (χ1n) is 7.78. The summed E-state index contributed by atoms with van der Waals surface area (Å²) in [6, 6.07) is 29.6. The minimum absolute atomic E-state index is 0.0459. The highest BCUT2D eigenvalue weighted by Crippen LogP contribution is 2.19. The summed E-state index contributed by atoms with van der Waals surface area (Å²) < 4.78 is 0. The Morgan fingerprint density at radius 3 is 1.87 bits per heavy atom. The Labute approximate surface area is 136 Å². The third-order valence-corrected chi connectivity index (χ3v) is 3.83. The molecule has 1 amide bonds. The fraction of sp³-hybridized carbons (Fsp3) is 0.0952. The fourth-order valence-corrected chi connectivity index (χ4v) is 2.62. The molecule has 0 heterocycles. The van der Waals surface area contributed by atoms with E-state index in [9.17, 15) is 4.79 Å². The molecule has 0 unspecified atom stereocenters. The first kappa shape index (κ1) is 15.0. The van der Waals surface area contributed by atoms with Crippen LogP contribution < -0.4 is 5.32 Å². The Kier molecular flexibility index (Phi) is 4.85.